The van der Waals surface area contributed by atoms with Crippen LogP contribution in [0.2, 0.25) is 0 Å². The minimum absolute atomic E-state index is 0.0424. The number of ether oxygens (including phenoxy) is 3. The van der Waals surface area contributed by atoms with Crippen LogP contribution in [0.25, 0.3) is 11.2 Å². The van der Waals surface area contributed by atoms with Crippen LogP contribution in [0.4, 0.5) is 10.3 Å². The summed E-state index contributed by atoms with van der Waals surface area (Å²) in [5.74, 6) is -0.173. The Morgan fingerprint density at radius 3 is 2.86 bits per heavy atom. The average Bonchev–Trinajstić information content (AvgIpc) is 3.46. The zero-order valence-corrected chi connectivity index (χ0v) is 19.3. The number of H-pyrrole nitrogens is 1. The van der Waals surface area contributed by atoms with Gasteiger partial charge in [-0.15, -0.1) is 0 Å². The van der Waals surface area contributed by atoms with Crippen molar-refractivity contribution in [3.05, 3.63) is 63.8 Å². The molecule has 0 saturated heterocycles. The lowest BCUT2D eigenvalue weighted by Gasteiger charge is -2.19. The van der Waals surface area contributed by atoms with Gasteiger partial charge in [0.2, 0.25) is 12.7 Å². The van der Waals surface area contributed by atoms with E-state index in [-0.39, 0.29) is 61.8 Å². The van der Waals surface area contributed by atoms with Gasteiger partial charge in [-0.2, -0.15) is 4.98 Å². The molecule has 0 aliphatic carbocycles. The Morgan fingerprint density at radius 1 is 1.26 bits per heavy atom. The van der Waals surface area contributed by atoms with E-state index in [0.717, 1.165) is 0 Å². The molecule has 1 unspecified atom stereocenters. The standard InChI is InChI=1S/C20H23FN5O8P/c21-14-3-1-2-13(6-14)8-33-35(29,34-9-16-15(7-27)31-11-32-16)12-30-5-4-26-10-23-17-18(26)24-20(22)25-19(17)28/h1-3,6,10,27H,4-5,7-9,11-12H2,(H3,22,24,25,28). The Kier molecular flexibility index (Phi) is 7.78. The summed E-state index contributed by atoms with van der Waals surface area (Å²) < 4.78 is 55.2. The average molecular weight is 511 g/mol. The van der Waals surface area contributed by atoms with Crippen molar-refractivity contribution in [3.8, 4) is 0 Å². The van der Waals surface area contributed by atoms with Crippen LogP contribution in [-0.2, 0) is 41.0 Å². The Morgan fingerprint density at radius 2 is 2.06 bits per heavy atom. The number of nitrogens with two attached hydrogens (primary N) is 1. The summed E-state index contributed by atoms with van der Waals surface area (Å²) in [6, 6.07) is 5.63. The number of aromatic nitrogens is 4. The summed E-state index contributed by atoms with van der Waals surface area (Å²) in [5.41, 5.74) is 5.97. The Balaban J connectivity index is 1.39. The van der Waals surface area contributed by atoms with Gasteiger partial charge in [-0.3, -0.25) is 18.9 Å². The maximum Gasteiger partial charge on any atom is 0.356 e. The molecule has 3 heterocycles. The van der Waals surface area contributed by atoms with E-state index in [1.807, 2.05) is 0 Å². The van der Waals surface area contributed by atoms with E-state index in [1.54, 1.807) is 10.6 Å². The number of benzene rings is 1. The molecule has 1 aromatic carbocycles. The number of nitrogens with one attached hydrogen (secondary N) is 1. The van der Waals surface area contributed by atoms with Crippen LogP contribution < -0.4 is 11.3 Å². The predicted molar refractivity (Wildman–Crippen MR) is 119 cm³/mol. The van der Waals surface area contributed by atoms with E-state index in [1.165, 1.54) is 24.5 Å². The van der Waals surface area contributed by atoms with Crippen molar-refractivity contribution in [3.63, 3.8) is 0 Å². The van der Waals surface area contributed by atoms with E-state index >= 15 is 0 Å². The van der Waals surface area contributed by atoms with Gasteiger partial charge in [0, 0.05) is 6.54 Å². The van der Waals surface area contributed by atoms with Crippen molar-refractivity contribution < 1.29 is 37.3 Å². The molecular weight excluding hydrogens is 488 g/mol. The van der Waals surface area contributed by atoms with Crippen molar-refractivity contribution in [2.75, 3.05) is 38.7 Å². The molecule has 1 aliphatic heterocycles. The van der Waals surface area contributed by atoms with E-state index in [4.69, 9.17) is 29.0 Å². The first kappa shape index (κ1) is 24.8. The minimum Gasteiger partial charge on any atom is -0.456 e. The van der Waals surface area contributed by atoms with E-state index < -0.39 is 31.9 Å². The highest BCUT2D eigenvalue weighted by Gasteiger charge is 2.28. The molecule has 0 radical (unpaired) electrons. The number of aliphatic hydroxyl groups excluding tert-OH is 1. The van der Waals surface area contributed by atoms with Gasteiger partial charge in [-0.05, 0) is 17.7 Å². The number of hydrogen-bond donors (Lipinski definition) is 3. The maximum atomic E-state index is 13.5. The molecule has 15 heteroatoms. The van der Waals surface area contributed by atoms with Crippen molar-refractivity contribution in [2.24, 2.45) is 0 Å². The number of fused-ring (bicyclic) bond motifs is 1. The normalized spacial score (nSPS) is 15.3. The summed E-state index contributed by atoms with van der Waals surface area (Å²) in [4.78, 5) is 22.3. The molecule has 13 nitrogen and oxygen atoms in total. The van der Waals surface area contributed by atoms with E-state index in [9.17, 15) is 18.9 Å². The van der Waals surface area contributed by atoms with Crippen molar-refractivity contribution >= 4 is 24.7 Å². The first-order chi connectivity index (χ1) is 16.9. The third-order valence-corrected chi connectivity index (χ3v) is 6.39. The summed E-state index contributed by atoms with van der Waals surface area (Å²) in [5, 5.41) is 9.30. The first-order valence-electron chi connectivity index (χ1n) is 10.4. The number of imidazole rings is 1. The monoisotopic (exact) mass is 511 g/mol. The molecule has 2 aromatic heterocycles. The fourth-order valence-electron chi connectivity index (χ4n) is 3.13. The highest BCUT2D eigenvalue weighted by atomic mass is 31.2. The van der Waals surface area contributed by atoms with Crippen LogP contribution >= 0.6 is 7.60 Å². The molecule has 35 heavy (non-hydrogen) atoms. The molecule has 0 saturated carbocycles. The van der Waals surface area contributed by atoms with Crippen molar-refractivity contribution in [1.29, 1.82) is 0 Å². The molecule has 4 rings (SSSR count). The summed E-state index contributed by atoms with van der Waals surface area (Å²) in [6.07, 6.45) is 0.972. The summed E-state index contributed by atoms with van der Waals surface area (Å²) in [6.45, 7) is -0.741. The van der Waals surface area contributed by atoms with Gasteiger partial charge in [0.1, 0.15) is 25.4 Å². The molecule has 4 N–H and O–H groups in total. The van der Waals surface area contributed by atoms with Crippen LogP contribution in [-0.4, -0.2) is 57.6 Å². The van der Waals surface area contributed by atoms with Crippen LogP contribution in [0.1, 0.15) is 5.56 Å². The summed E-state index contributed by atoms with van der Waals surface area (Å²) in [7, 11) is -3.87. The second kappa shape index (κ2) is 11.0. The van der Waals surface area contributed by atoms with Gasteiger partial charge in [-0.25, -0.2) is 9.37 Å². The molecular formula is C20H23FN5O8P. The Bertz CT molecular complexity index is 1330. The molecule has 0 fully saturated rings. The topological polar surface area (TPSA) is 173 Å². The van der Waals surface area contributed by atoms with Crippen molar-refractivity contribution in [1.82, 2.24) is 19.5 Å². The molecule has 3 aromatic rings. The van der Waals surface area contributed by atoms with Crippen LogP contribution in [0.3, 0.4) is 0 Å². The van der Waals surface area contributed by atoms with Crippen LogP contribution in [0, 0.1) is 5.82 Å². The minimum atomic E-state index is -3.87. The van der Waals surface area contributed by atoms with Crippen molar-refractivity contribution in [2.45, 2.75) is 13.2 Å². The number of hydrogen-bond acceptors (Lipinski definition) is 11. The van der Waals surface area contributed by atoms with Crippen LogP contribution in [0.15, 0.2) is 46.9 Å². The van der Waals surface area contributed by atoms with Gasteiger partial charge in [0.15, 0.2) is 22.7 Å². The lowest BCUT2D eigenvalue weighted by Crippen LogP contribution is -2.13. The Labute approximate surface area is 197 Å². The zero-order valence-electron chi connectivity index (χ0n) is 18.4. The SMILES string of the molecule is Nc1nc2c(ncn2CCOCP(=O)(OCC2=C(CO)OCO2)OCc2cccc(F)c2)c(=O)[nH]1. The fraction of sp³-hybridized carbons (Fsp3) is 0.350. The smallest absolute Gasteiger partial charge is 0.356 e. The van der Waals surface area contributed by atoms with Crippen LogP contribution in [0.5, 0.6) is 0 Å². The second-order valence-corrected chi connectivity index (χ2v) is 9.29. The number of aromatic amines is 1. The molecule has 0 spiro atoms. The largest absolute Gasteiger partial charge is 0.456 e. The van der Waals surface area contributed by atoms with Gasteiger partial charge < -0.3 is 34.1 Å². The number of nitrogens with zero attached hydrogens (tertiary/aromatic N) is 3. The number of aliphatic hydroxyl groups is 1. The maximum absolute atomic E-state index is 13.5. The van der Waals surface area contributed by atoms with Gasteiger partial charge in [-0.1, -0.05) is 12.1 Å². The lowest BCUT2D eigenvalue weighted by molar-refractivity contribution is 0.0534. The highest BCUT2D eigenvalue weighted by molar-refractivity contribution is 7.53. The molecule has 0 bridgehead atoms. The molecule has 0 amide bonds. The molecule has 188 valence electrons. The fourth-order valence-corrected chi connectivity index (χ4v) is 4.37. The van der Waals surface area contributed by atoms with Gasteiger partial charge >= 0.3 is 7.60 Å². The van der Waals surface area contributed by atoms with E-state index in [2.05, 4.69) is 15.0 Å². The molecule has 1 aliphatic rings. The number of nitrogen functional groups attached to an aromatic ring is 1. The number of halogens is 1. The zero-order chi connectivity index (χ0) is 24.8. The third kappa shape index (κ3) is 6.24. The van der Waals surface area contributed by atoms with E-state index in [0.29, 0.717) is 5.56 Å². The third-order valence-electron chi connectivity index (χ3n) is 4.85. The van der Waals surface area contributed by atoms with Gasteiger partial charge in [0.25, 0.3) is 5.56 Å². The molecule has 1 atom stereocenters. The number of anilines is 1. The number of rotatable bonds is 12. The quantitative estimate of drug-likeness (QED) is 0.237. The summed E-state index contributed by atoms with van der Waals surface area (Å²) >= 11 is 0. The predicted octanol–water partition coefficient (Wildman–Crippen LogP) is 1.45. The Hall–Kier alpha value is -3.29. The highest BCUT2D eigenvalue weighted by Crippen LogP contribution is 2.49. The first-order valence-corrected chi connectivity index (χ1v) is 12.1. The lowest BCUT2D eigenvalue weighted by atomic mass is 10.2. The second-order valence-electron chi connectivity index (χ2n) is 7.30. The van der Waals surface area contributed by atoms with Gasteiger partial charge in [0.05, 0.1) is 19.5 Å².